The van der Waals surface area contributed by atoms with Gasteiger partial charge in [-0.2, -0.15) is 0 Å². The Hall–Kier alpha value is -3.47. The minimum atomic E-state index is -0.411. The molecule has 0 saturated carbocycles. The van der Waals surface area contributed by atoms with Crippen LogP contribution in [-0.2, 0) is 11.2 Å². The van der Waals surface area contributed by atoms with Gasteiger partial charge < -0.3 is 9.88 Å². The summed E-state index contributed by atoms with van der Waals surface area (Å²) in [5.41, 5.74) is 3.54. The van der Waals surface area contributed by atoms with Crippen molar-refractivity contribution in [2.75, 3.05) is 5.32 Å². The number of imidazole rings is 1. The Morgan fingerprint density at radius 3 is 2.43 bits per heavy atom. The van der Waals surface area contributed by atoms with Crippen molar-refractivity contribution in [3.63, 3.8) is 0 Å². The molecule has 1 heterocycles. The highest BCUT2D eigenvalue weighted by atomic mass is 19.1. The van der Waals surface area contributed by atoms with Gasteiger partial charge in [0.2, 0.25) is 5.91 Å². The number of aromatic nitrogens is 2. The molecule has 0 fully saturated rings. The largest absolute Gasteiger partial charge is 0.324 e. The Labute approximate surface area is 175 Å². The Bertz CT molecular complexity index is 1140. The molecule has 152 valence electrons. The highest BCUT2D eigenvalue weighted by Crippen LogP contribution is 2.27. The third-order valence-electron chi connectivity index (χ3n) is 5.16. The van der Waals surface area contributed by atoms with E-state index in [2.05, 4.69) is 28.9 Å². The maximum atomic E-state index is 13.3. The van der Waals surface area contributed by atoms with Gasteiger partial charge in [-0.05, 0) is 48.4 Å². The number of nitrogens with one attached hydrogen (secondary N) is 1. The van der Waals surface area contributed by atoms with Crippen LogP contribution in [-0.4, -0.2) is 15.5 Å². The fraction of sp³-hybridized carbons (Fsp3) is 0.200. The lowest BCUT2D eigenvalue weighted by molar-refractivity contribution is -0.119. The molecule has 0 aliphatic rings. The molecule has 5 heteroatoms. The first-order valence-electron chi connectivity index (χ1n) is 10.2. The van der Waals surface area contributed by atoms with Gasteiger partial charge in [-0.1, -0.05) is 55.8 Å². The second-order valence-electron chi connectivity index (χ2n) is 7.35. The minimum Gasteiger partial charge on any atom is -0.324 e. The van der Waals surface area contributed by atoms with Crippen molar-refractivity contribution in [1.82, 2.24) is 9.55 Å². The summed E-state index contributed by atoms with van der Waals surface area (Å²) in [6.45, 7) is 2.06. The molecule has 0 aliphatic carbocycles. The number of carbonyl (C=O) groups is 1. The second-order valence-corrected chi connectivity index (χ2v) is 7.35. The zero-order chi connectivity index (χ0) is 20.9. The van der Waals surface area contributed by atoms with E-state index in [0.29, 0.717) is 18.5 Å². The van der Waals surface area contributed by atoms with Crippen LogP contribution in [0.2, 0.25) is 0 Å². The van der Waals surface area contributed by atoms with Gasteiger partial charge in [0, 0.05) is 12.1 Å². The van der Waals surface area contributed by atoms with Crippen LogP contribution in [0.15, 0.2) is 78.9 Å². The van der Waals surface area contributed by atoms with E-state index >= 15 is 0 Å². The van der Waals surface area contributed by atoms with Gasteiger partial charge in [0.1, 0.15) is 17.7 Å². The standard InChI is InChI=1S/C25H24FN3O/c1-2-8-23(25(30)27-20-15-13-19(26)14-16-20)29-22-12-7-6-11-21(22)28-24(29)17-18-9-4-3-5-10-18/h3-7,9-16,23H,2,8,17H2,1H3,(H,27,30). The van der Waals surface area contributed by atoms with Crippen molar-refractivity contribution in [2.45, 2.75) is 32.2 Å². The van der Waals surface area contributed by atoms with Gasteiger partial charge in [0.05, 0.1) is 11.0 Å². The Kier molecular flexibility index (Phi) is 5.89. The van der Waals surface area contributed by atoms with Crippen LogP contribution in [0.1, 0.15) is 37.2 Å². The van der Waals surface area contributed by atoms with Crippen LogP contribution in [0.5, 0.6) is 0 Å². The van der Waals surface area contributed by atoms with Crippen LogP contribution >= 0.6 is 0 Å². The Morgan fingerprint density at radius 1 is 1.00 bits per heavy atom. The first-order valence-corrected chi connectivity index (χ1v) is 10.2. The quantitative estimate of drug-likeness (QED) is 0.429. The zero-order valence-electron chi connectivity index (χ0n) is 16.9. The highest BCUT2D eigenvalue weighted by molar-refractivity contribution is 5.95. The normalized spacial score (nSPS) is 12.1. The summed E-state index contributed by atoms with van der Waals surface area (Å²) in [6, 6.07) is 23.5. The number of para-hydroxylation sites is 2. The smallest absolute Gasteiger partial charge is 0.247 e. The molecule has 1 N–H and O–H groups in total. The van der Waals surface area contributed by atoms with Crippen molar-refractivity contribution in [3.05, 3.63) is 96.1 Å². The number of carbonyl (C=O) groups excluding carboxylic acids is 1. The predicted molar refractivity (Wildman–Crippen MR) is 118 cm³/mol. The van der Waals surface area contributed by atoms with Crippen LogP contribution in [0.3, 0.4) is 0 Å². The molecule has 3 aromatic carbocycles. The van der Waals surface area contributed by atoms with E-state index in [1.54, 1.807) is 12.1 Å². The SMILES string of the molecule is CCCC(C(=O)Nc1ccc(F)cc1)n1c(Cc2ccccc2)nc2ccccc21. The molecule has 30 heavy (non-hydrogen) atoms. The number of fused-ring (bicyclic) bond motifs is 1. The fourth-order valence-corrected chi connectivity index (χ4v) is 3.75. The molecule has 0 radical (unpaired) electrons. The molecule has 1 aromatic heterocycles. The molecule has 0 saturated heterocycles. The highest BCUT2D eigenvalue weighted by Gasteiger charge is 2.25. The van der Waals surface area contributed by atoms with Gasteiger partial charge in [0.15, 0.2) is 0 Å². The van der Waals surface area contributed by atoms with E-state index < -0.39 is 6.04 Å². The lowest BCUT2D eigenvalue weighted by Gasteiger charge is -2.21. The Morgan fingerprint density at radius 2 is 1.70 bits per heavy atom. The summed E-state index contributed by atoms with van der Waals surface area (Å²) in [6.07, 6.45) is 2.16. The van der Waals surface area contributed by atoms with Crippen LogP contribution in [0.4, 0.5) is 10.1 Å². The van der Waals surface area contributed by atoms with Crippen molar-refractivity contribution in [3.8, 4) is 0 Å². The number of anilines is 1. The molecule has 4 rings (SSSR count). The van der Waals surface area contributed by atoms with Gasteiger partial charge >= 0.3 is 0 Å². The van der Waals surface area contributed by atoms with Crippen molar-refractivity contribution in [2.24, 2.45) is 0 Å². The zero-order valence-corrected chi connectivity index (χ0v) is 16.9. The fourth-order valence-electron chi connectivity index (χ4n) is 3.75. The third-order valence-corrected chi connectivity index (χ3v) is 5.16. The number of nitrogens with zero attached hydrogens (tertiary/aromatic N) is 2. The van der Waals surface area contributed by atoms with E-state index in [9.17, 15) is 9.18 Å². The number of halogens is 1. The summed E-state index contributed by atoms with van der Waals surface area (Å²) >= 11 is 0. The first-order chi connectivity index (χ1) is 14.7. The molecular formula is C25H24FN3O. The molecule has 0 spiro atoms. The molecule has 1 unspecified atom stereocenters. The van der Waals surface area contributed by atoms with Crippen LogP contribution in [0, 0.1) is 5.82 Å². The number of amides is 1. The van der Waals surface area contributed by atoms with Crippen molar-refractivity contribution < 1.29 is 9.18 Å². The molecule has 1 atom stereocenters. The van der Waals surface area contributed by atoms with Gasteiger partial charge in [-0.3, -0.25) is 4.79 Å². The van der Waals surface area contributed by atoms with E-state index in [1.165, 1.54) is 12.1 Å². The van der Waals surface area contributed by atoms with Crippen molar-refractivity contribution in [1.29, 1.82) is 0 Å². The van der Waals surface area contributed by atoms with Gasteiger partial charge in [0.25, 0.3) is 0 Å². The molecule has 4 nitrogen and oxygen atoms in total. The number of benzene rings is 3. The van der Waals surface area contributed by atoms with E-state index in [0.717, 1.165) is 28.8 Å². The topological polar surface area (TPSA) is 46.9 Å². The maximum Gasteiger partial charge on any atom is 0.247 e. The molecular weight excluding hydrogens is 377 g/mol. The average molecular weight is 401 g/mol. The number of rotatable bonds is 7. The maximum absolute atomic E-state index is 13.3. The van der Waals surface area contributed by atoms with E-state index in [1.807, 2.05) is 42.5 Å². The van der Waals surface area contributed by atoms with Crippen LogP contribution in [0.25, 0.3) is 11.0 Å². The molecule has 4 aromatic rings. The second kappa shape index (κ2) is 8.91. The summed E-state index contributed by atoms with van der Waals surface area (Å²) in [5.74, 6) is 0.403. The molecule has 0 bridgehead atoms. The summed E-state index contributed by atoms with van der Waals surface area (Å²) < 4.78 is 15.3. The molecule has 1 amide bonds. The third kappa shape index (κ3) is 4.25. The lowest BCUT2D eigenvalue weighted by Crippen LogP contribution is -2.27. The van der Waals surface area contributed by atoms with E-state index in [-0.39, 0.29) is 11.7 Å². The molecule has 0 aliphatic heterocycles. The first kappa shape index (κ1) is 19.8. The number of hydrogen-bond donors (Lipinski definition) is 1. The Balaban J connectivity index is 1.74. The van der Waals surface area contributed by atoms with Crippen LogP contribution < -0.4 is 5.32 Å². The number of hydrogen-bond acceptors (Lipinski definition) is 2. The van der Waals surface area contributed by atoms with Gasteiger partial charge in [-0.25, -0.2) is 9.37 Å². The predicted octanol–water partition coefficient (Wildman–Crippen LogP) is 5.75. The van der Waals surface area contributed by atoms with Crippen molar-refractivity contribution >= 4 is 22.6 Å². The summed E-state index contributed by atoms with van der Waals surface area (Å²) in [4.78, 5) is 18.1. The summed E-state index contributed by atoms with van der Waals surface area (Å²) in [7, 11) is 0. The lowest BCUT2D eigenvalue weighted by atomic mass is 10.1. The monoisotopic (exact) mass is 401 g/mol. The average Bonchev–Trinajstić information content (AvgIpc) is 3.12. The summed E-state index contributed by atoms with van der Waals surface area (Å²) in [5, 5.41) is 2.94. The minimum absolute atomic E-state index is 0.124. The van der Waals surface area contributed by atoms with E-state index in [4.69, 9.17) is 4.98 Å². The van der Waals surface area contributed by atoms with Gasteiger partial charge in [-0.15, -0.1) is 0 Å².